The predicted molar refractivity (Wildman–Crippen MR) is 89.5 cm³/mol. The number of carbonyl (C=O) groups excluding carboxylic acids is 1. The minimum Gasteiger partial charge on any atom is -0.368 e. The molecule has 0 fully saturated rings. The number of rotatable bonds is 9. The van der Waals surface area contributed by atoms with E-state index < -0.39 is 0 Å². The number of carbonyl (C=O) groups is 1. The summed E-state index contributed by atoms with van der Waals surface area (Å²) in [5, 5.41) is 9.17. The lowest BCUT2D eigenvalue weighted by Gasteiger charge is -2.10. The average molecular weight is 358 g/mol. The first kappa shape index (κ1) is 17.7. The molecule has 3 N–H and O–H groups in total. The van der Waals surface area contributed by atoms with Crippen LogP contribution in [0.25, 0.3) is 0 Å². The van der Waals surface area contributed by atoms with Gasteiger partial charge in [-0.25, -0.2) is 4.98 Å². The van der Waals surface area contributed by atoms with Gasteiger partial charge in [-0.05, 0) is 28.3 Å². The molecule has 0 atom stereocenters. The summed E-state index contributed by atoms with van der Waals surface area (Å²) in [4.78, 5) is 20.2. The summed E-state index contributed by atoms with van der Waals surface area (Å²) < 4.78 is 0.784. The highest BCUT2D eigenvalue weighted by molar-refractivity contribution is 9.10. The quantitative estimate of drug-likeness (QED) is 0.633. The van der Waals surface area contributed by atoms with E-state index in [9.17, 15) is 4.79 Å². The van der Waals surface area contributed by atoms with Crippen LogP contribution in [0.3, 0.4) is 0 Å². The van der Waals surface area contributed by atoms with Gasteiger partial charge in [-0.2, -0.15) is 4.98 Å². The monoisotopic (exact) mass is 357 g/mol. The molecule has 1 heterocycles. The van der Waals surface area contributed by atoms with Crippen LogP contribution in [-0.4, -0.2) is 35.5 Å². The Hall–Kier alpha value is -1.37. The van der Waals surface area contributed by atoms with Crippen molar-refractivity contribution in [2.75, 3.05) is 30.3 Å². The first-order valence-corrected chi connectivity index (χ1v) is 8.09. The van der Waals surface area contributed by atoms with Gasteiger partial charge in [-0.1, -0.05) is 20.8 Å². The van der Waals surface area contributed by atoms with Crippen molar-refractivity contribution < 1.29 is 4.79 Å². The Morgan fingerprint density at radius 2 is 2.10 bits per heavy atom. The van der Waals surface area contributed by atoms with Gasteiger partial charge in [0.2, 0.25) is 11.9 Å². The molecule has 0 saturated heterocycles. The highest BCUT2D eigenvalue weighted by Crippen LogP contribution is 2.19. The Kier molecular flexibility index (Phi) is 8.04. The van der Waals surface area contributed by atoms with E-state index in [1.165, 1.54) is 0 Å². The van der Waals surface area contributed by atoms with Gasteiger partial charge in [0, 0.05) is 32.3 Å². The van der Waals surface area contributed by atoms with E-state index in [0.29, 0.717) is 37.2 Å². The predicted octanol–water partition coefficient (Wildman–Crippen LogP) is 2.64. The van der Waals surface area contributed by atoms with Crippen LogP contribution < -0.4 is 16.0 Å². The van der Waals surface area contributed by atoms with Gasteiger partial charge < -0.3 is 16.0 Å². The number of nitrogens with zero attached hydrogens (tertiary/aromatic N) is 2. The molecule has 1 rings (SSSR count). The molecule has 0 aliphatic carbocycles. The van der Waals surface area contributed by atoms with Gasteiger partial charge in [0.1, 0.15) is 5.82 Å². The second-order valence-corrected chi connectivity index (χ2v) is 6.05. The summed E-state index contributed by atoms with van der Waals surface area (Å²) in [6, 6.07) is 0. The zero-order valence-electron chi connectivity index (χ0n) is 12.9. The number of halogens is 1. The van der Waals surface area contributed by atoms with Crippen molar-refractivity contribution in [1.29, 1.82) is 0 Å². The zero-order valence-corrected chi connectivity index (χ0v) is 14.5. The van der Waals surface area contributed by atoms with E-state index in [1.54, 1.807) is 6.20 Å². The summed E-state index contributed by atoms with van der Waals surface area (Å²) in [6.45, 7) is 8.30. The first-order valence-electron chi connectivity index (χ1n) is 7.30. The van der Waals surface area contributed by atoms with Gasteiger partial charge in [-0.3, -0.25) is 4.79 Å². The molecule has 0 unspecified atom stereocenters. The van der Waals surface area contributed by atoms with Gasteiger partial charge in [0.05, 0.1) is 4.47 Å². The number of hydrogen-bond donors (Lipinski definition) is 3. The molecule has 0 saturated carbocycles. The zero-order chi connectivity index (χ0) is 15.7. The lowest BCUT2D eigenvalue weighted by molar-refractivity contribution is -0.120. The largest absolute Gasteiger partial charge is 0.368 e. The van der Waals surface area contributed by atoms with Crippen molar-refractivity contribution in [2.24, 2.45) is 5.92 Å². The Morgan fingerprint density at radius 1 is 1.33 bits per heavy atom. The smallest absolute Gasteiger partial charge is 0.224 e. The molecule has 0 aromatic carbocycles. The van der Waals surface area contributed by atoms with E-state index in [-0.39, 0.29) is 5.91 Å². The number of aromatic nitrogens is 2. The molecule has 1 aromatic heterocycles. The third-order valence-corrected chi connectivity index (χ3v) is 3.21. The summed E-state index contributed by atoms with van der Waals surface area (Å²) in [5.74, 6) is 1.79. The fraction of sp³-hybridized carbons (Fsp3) is 0.643. The van der Waals surface area contributed by atoms with Crippen molar-refractivity contribution in [3.05, 3.63) is 10.7 Å². The minimum atomic E-state index is 0.0470. The normalized spacial score (nSPS) is 10.5. The SMILES string of the molecule is CCCNc1ncc(Br)c(NCCC(=O)NCC(C)C)n1. The van der Waals surface area contributed by atoms with Gasteiger partial charge in [0.15, 0.2) is 0 Å². The van der Waals surface area contributed by atoms with Crippen LogP contribution in [0, 0.1) is 5.92 Å². The van der Waals surface area contributed by atoms with Crippen molar-refractivity contribution in [1.82, 2.24) is 15.3 Å². The van der Waals surface area contributed by atoms with Gasteiger partial charge in [0.25, 0.3) is 0 Å². The Bertz CT molecular complexity index is 453. The molecule has 0 radical (unpaired) electrons. The average Bonchev–Trinajstić information content (AvgIpc) is 2.45. The maximum absolute atomic E-state index is 11.6. The number of anilines is 2. The maximum atomic E-state index is 11.6. The molecule has 0 aliphatic heterocycles. The van der Waals surface area contributed by atoms with E-state index in [2.05, 4.69) is 62.6 Å². The maximum Gasteiger partial charge on any atom is 0.224 e. The molecule has 6 nitrogen and oxygen atoms in total. The van der Waals surface area contributed by atoms with E-state index in [1.807, 2.05) is 0 Å². The Labute approximate surface area is 134 Å². The lowest BCUT2D eigenvalue weighted by Crippen LogP contribution is -2.28. The second kappa shape index (κ2) is 9.55. The van der Waals surface area contributed by atoms with Crippen LogP contribution in [0.15, 0.2) is 10.7 Å². The number of hydrogen-bond acceptors (Lipinski definition) is 5. The Balaban J connectivity index is 2.41. The van der Waals surface area contributed by atoms with Gasteiger partial charge in [-0.15, -0.1) is 0 Å². The third-order valence-electron chi connectivity index (χ3n) is 2.63. The minimum absolute atomic E-state index is 0.0470. The van der Waals surface area contributed by atoms with Gasteiger partial charge >= 0.3 is 0 Å². The molecule has 118 valence electrons. The van der Waals surface area contributed by atoms with Crippen LogP contribution in [0.5, 0.6) is 0 Å². The van der Waals surface area contributed by atoms with Crippen LogP contribution in [0.1, 0.15) is 33.6 Å². The molecule has 1 amide bonds. The molecular weight excluding hydrogens is 334 g/mol. The van der Waals surface area contributed by atoms with Crippen LogP contribution in [0.4, 0.5) is 11.8 Å². The summed E-state index contributed by atoms with van der Waals surface area (Å²) >= 11 is 3.40. The highest BCUT2D eigenvalue weighted by Gasteiger charge is 2.06. The van der Waals surface area contributed by atoms with Crippen LogP contribution in [0.2, 0.25) is 0 Å². The highest BCUT2D eigenvalue weighted by atomic mass is 79.9. The van der Waals surface area contributed by atoms with E-state index in [4.69, 9.17) is 0 Å². The van der Waals surface area contributed by atoms with E-state index in [0.717, 1.165) is 17.4 Å². The number of amides is 1. The number of nitrogens with one attached hydrogen (secondary N) is 3. The molecule has 7 heteroatoms. The molecule has 0 aliphatic rings. The van der Waals surface area contributed by atoms with Crippen molar-refractivity contribution in [2.45, 2.75) is 33.6 Å². The topological polar surface area (TPSA) is 78.9 Å². The lowest BCUT2D eigenvalue weighted by atomic mass is 10.2. The van der Waals surface area contributed by atoms with Crippen LogP contribution >= 0.6 is 15.9 Å². The fourth-order valence-electron chi connectivity index (χ4n) is 1.51. The molecule has 1 aromatic rings. The Morgan fingerprint density at radius 3 is 2.76 bits per heavy atom. The molecule has 0 bridgehead atoms. The first-order chi connectivity index (χ1) is 10.0. The van der Waals surface area contributed by atoms with Crippen LogP contribution in [-0.2, 0) is 4.79 Å². The second-order valence-electron chi connectivity index (χ2n) is 5.19. The van der Waals surface area contributed by atoms with Crippen molar-refractivity contribution >= 4 is 33.6 Å². The summed E-state index contributed by atoms with van der Waals surface area (Å²) in [5.41, 5.74) is 0. The molecular formula is C14H24BrN5O. The van der Waals surface area contributed by atoms with E-state index >= 15 is 0 Å². The molecule has 0 spiro atoms. The standard InChI is InChI=1S/C14H24BrN5O/c1-4-6-17-14-19-9-11(15)13(20-14)16-7-5-12(21)18-8-10(2)3/h9-10H,4-8H2,1-3H3,(H,18,21)(H2,16,17,19,20). The summed E-state index contributed by atoms with van der Waals surface area (Å²) in [6.07, 6.45) is 3.13. The molecule has 21 heavy (non-hydrogen) atoms. The fourth-order valence-corrected chi connectivity index (χ4v) is 1.85. The van der Waals surface area contributed by atoms with Crippen molar-refractivity contribution in [3.8, 4) is 0 Å². The summed E-state index contributed by atoms with van der Waals surface area (Å²) in [7, 11) is 0. The third kappa shape index (κ3) is 7.27. The van der Waals surface area contributed by atoms with Crippen molar-refractivity contribution in [3.63, 3.8) is 0 Å².